The third kappa shape index (κ3) is 3.16. The molecule has 0 N–H and O–H groups in total. The number of benzene rings is 2. The van der Waals surface area contributed by atoms with Gasteiger partial charge in [0.05, 0.1) is 17.3 Å². The molecule has 116 valence electrons. The SMILES string of the molecule is N#Cc1cccc(C(=O)N2CCN(c3ccccc3F)CC2)c1. The van der Waals surface area contributed by atoms with E-state index in [1.807, 2.05) is 17.0 Å². The summed E-state index contributed by atoms with van der Waals surface area (Å²) in [6.07, 6.45) is 0. The van der Waals surface area contributed by atoms with Crippen molar-refractivity contribution in [2.24, 2.45) is 0 Å². The van der Waals surface area contributed by atoms with E-state index in [0.29, 0.717) is 43.0 Å². The maximum absolute atomic E-state index is 13.8. The fourth-order valence-corrected chi connectivity index (χ4v) is 2.76. The van der Waals surface area contributed by atoms with E-state index in [1.54, 1.807) is 41.3 Å². The first-order chi connectivity index (χ1) is 11.2. The van der Waals surface area contributed by atoms with Crippen molar-refractivity contribution in [3.63, 3.8) is 0 Å². The van der Waals surface area contributed by atoms with Gasteiger partial charge in [-0.25, -0.2) is 4.39 Å². The molecular formula is C18H16FN3O. The fourth-order valence-electron chi connectivity index (χ4n) is 2.76. The van der Waals surface area contributed by atoms with Gasteiger partial charge in [-0.2, -0.15) is 5.26 Å². The molecule has 0 aliphatic carbocycles. The molecule has 4 nitrogen and oxygen atoms in total. The second-order valence-corrected chi connectivity index (χ2v) is 5.42. The molecule has 0 aromatic heterocycles. The topological polar surface area (TPSA) is 47.3 Å². The predicted molar refractivity (Wildman–Crippen MR) is 85.7 cm³/mol. The van der Waals surface area contributed by atoms with Crippen LogP contribution >= 0.6 is 0 Å². The minimum Gasteiger partial charge on any atom is -0.366 e. The normalized spacial score (nSPS) is 14.4. The Bertz CT molecular complexity index is 761. The number of carbonyl (C=O) groups is 1. The van der Waals surface area contributed by atoms with Gasteiger partial charge in [0.15, 0.2) is 0 Å². The minimum absolute atomic E-state index is 0.0877. The van der Waals surface area contributed by atoms with Crippen molar-refractivity contribution in [2.45, 2.75) is 0 Å². The summed E-state index contributed by atoms with van der Waals surface area (Å²) in [6, 6.07) is 15.4. The lowest BCUT2D eigenvalue weighted by atomic mass is 10.1. The second-order valence-electron chi connectivity index (χ2n) is 5.42. The first kappa shape index (κ1) is 15.0. The first-order valence-corrected chi connectivity index (χ1v) is 7.48. The van der Waals surface area contributed by atoms with Crippen LogP contribution in [0.5, 0.6) is 0 Å². The van der Waals surface area contributed by atoms with E-state index in [1.165, 1.54) is 6.07 Å². The van der Waals surface area contributed by atoms with Crippen LogP contribution in [0.4, 0.5) is 10.1 Å². The van der Waals surface area contributed by atoms with E-state index >= 15 is 0 Å². The molecule has 1 aliphatic rings. The van der Waals surface area contributed by atoms with Gasteiger partial charge in [-0.15, -0.1) is 0 Å². The summed E-state index contributed by atoms with van der Waals surface area (Å²) in [5, 5.41) is 8.92. The average Bonchev–Trinajstić information content (AvgIpc) is 2.62. The quantitative estimate of drug-likeness (QED) is 0.857. The summed E-state index contributed by atoms with van der Waals surface area (Å²) >= 11 is 0. The standard InChI is InChI=1S/C18H16FN3O/c19-16-6-1-2-7-17(16)21-8-10-22(11-9-21)18(23)15-5-3-4-14(12-15)13-20/h1-7,12H,8-11H2. The third-order valence-electron chi connectivity index (χ3n) is 4.00. The number of hydrogen-bond acceptors (Lipinski definition) is 3. The van der Waals surface area contributed by atoms with Crippen LogP contribution in [0, 0.1) is 17.1 Å². The zero-order valence-corrected chi connectivity index (χ0v) is 12.6. The molecule has 5 heteroatoms. The highest BCUT2D eigenvalue weighted by Gasteiger charge is 2.23. The maximum Gasteiger partial charge on any atom is 0.254 e. The van der Waals surface area contributed by atoms with Crippen molar-refractivity contribution in [1.29, 1.82) is 5.26 Å². The second kappa shape index (κ2) is 6.49. The molecule has 0 unspecified atom stereocenters. The van der Waals surface area contributed by atoms with E-state index < -0.39 is 0 Å². The van der Waals surface area contributed by atoms with Gasteiger partial charge in [-0.3, -0.25) is 4.79 Å². The molecule has 1 fully saturated rings. The number of hydrogen-bond donors (Lipinski definition) is 0. The molecule has 1 aliphatic heterocycles. The van der Waals surface area contributed by atoms with Crippen LogP contribution in [0.3, 0.4) is 0 Å². The Labute approximate surface area is 134 Å². The number of anilines is 1. The molecule has 0 radical (unpaired) electrons. The highest BCUT2D eigenvalue weighted by molar-refractivity contribution is 5.94. The van der Waals surface area contributed by atoms with Gasteiger partial charge in [0, 0.05) is 31.7 Å². The van der Waals surface area contributed by atoms with Crippen LogP contribution in [-0.2, 0) is 0 Å². The highest BCUT2D eigenvalue weighted by Crippen LogP contribution is 2.20. The van der Waals surface area contributed by atoms with Gasteiger partial charge in [-0.1, -0.05) is 18.2 Å². The first-order valence-electron chi connectivity index (χ1n) is 7.48. The van der Waals surface area contributed by atoms with E-state index in [9.17, 15) is 9.18 Å². The Kier molecular flexibility index (Phi) is 4.24. The Morgan fingerprint density at radius 1 is 1.04 bits per heavy atom. The summed E-state index contributed by atoms with van der Waals surface area (Å²) in [5.74, 6) is -0.329. The number of nitrogens with zero attached hydrogens (tertiary/aromatic N) is 3. The summed E-state index contributed by atoms with van der Waals surface area (Å²) in [6.45, 7) is 2.24. The molecule has 0 spiro atoms. The number of carbonyl (C=O) groups excluding carboxylic acids is 1. The third-order valence-corrected chi connectivity index (χ3v) is 4.00. The summed E-state index contributed by atoms with van der Waals surface area (Å²) in [4.78, 5) is 16.2. The molecule has 0 atom stereocenters. The molecule has 0 bridgehead atoms. The van der Waals surface area contributed by atoms with Crippen LogP contribution in [0.1, 0.15) is 15.9 Å². The zero-order valence-electron chi connectivity index (χ0n) is 12.6. The van der Waals surface area contributed by atoms with Crippen molar-refractivity contribution in [3.05, 3.63) is 65.5 Å². The van der Waals surface area contributed by atoms with Gasteiger partial charge >= 0.3 is 0 Å². The number of halogens is 1. The number of piperazine rings is 1. The zero-order chi connectivity index (χ0) is 16.2. The number of amides is 1. The summed E-state index contributed by atoms with van der Waals surface area (Å²) in [5.41, 5.74) is 1.57. The Balaban J connectivity index is 1.68. The molecule has 2 aromatic carbocycles. The summed E-state index contributed by atoms with van der Waals surface area (Å²) < 4.78 is 13.8. The maximum atomic E-state index is 13.8. The van der Waals surface area contributed by atoms with Crippen LogP contribution in [0.25, 0.3) is 0 Å². The van der Waals surface area contributed by atoms with E-state index in [0.717, 1.165) is 0 Å². The van der Waals surface area contributed by atoms with Gasteiger partial charge in [-0.05, 0) is 30.3 Å². The Hall–Kier alpha value is -2.87. The van der Waals surface area contributed by atoms with Crippen LogP contribution in [-0.4, -0.2) is 37.0 Å². The Morgan fingerprint density at radius 2 is 1.78 bits per heavy atom. The molecule has 1 amide bonds. The molecular weight excluding hydrogens is 293 g/mol. The highest BCUT2D eigenvalue weighted by atomic mass is 19.1. The summed E-state index contributed by atoms with van der Waals surface area (Å²) in [7, 11) is 0. The molecule has 23 heavy (non-hydrogen) atoms. The van der Waals surface area contributed by atoms with Gasteiger partial charge in [0.25, 0.3) is 5.91 Å². The number of rotatable bonds is 2. The Morgan fingerprint density at radius 3 is 2.48 bits per heavy atom. The molecule has 1 saturated heterocycles. The molecule has 2 aromatic rings. The predicted octanol–water partition coefficient (Wildman–Crippen LogP) is 2.66. The van der Waals surface area contributed by atoms with Crippen molar-refractivity contribution in [1.82, 2.24) is 4.90 Å². The number of nitriles is 1. The fraction of sp³-hybridized carbons (Fsp3) is 0.222. The smallest absolute Gasteiger partial charge is 0.254 e. The lowest BCUT2D eigenvalue weighted by molar-refractivity contribution is 0.0746. The van der Waals surface area contributed by atoms with E-state index in [2.05, 4.69) is 0 Å². The van der Waals surface area contributed by atoms with Crippen molar-refractivity contribution in [2.75, 3.05) is 31.1 Å². The molecule has 0 saturated carbocycles. The van der Waals surface area contributed by atoms with Crippen LogP contribution in [0.15, 0.2) is 48.5 Å². The van der Waals surface area contributed by atoms with Gasteiger partial charge < -0.3 is 9.80 Å². The van der Waals surface area contributed by atoms with Crippen molar-refractivity contribution < 1.29 is 9.18 Å². The van der Waals surface area contributed by atoms with Gasteiger partial charge in [0.2, 0.25) is 0 Å². The molecule has 1 heterocycles. The van der Waals surface area contributed by atoms with Crippen molar-refractivity contribution in [3.8, 4) is 6.07 Å². The monoisotopic (exact) mass is 309 g/mol. The van der Waals surface area contributed by atoms with E-state index in [-0.39, 0.29) is 11.7 Å². The van der Waals surface area contributed by atoms with Crippen molar-refractivity contribution >= 4 is 11.6 Å². The number of para-hydroxylation sites is 1. The van der Waals surface area contributed by atoms with Crippen LogP contribution < -0.4 is 4.90 Å². The minimum atomic E-state index is -0.242. The lowest BCUT2D eigenvalue weighted by Crippen LogP contribution is -2.49. The van der Waals surface area contributed by atoms with Gasteiger partial charge in [0.1, 0.15) is 5.82 Å². The largest absolute Gasteiger partial charge is 0.366 e. The van der Waals surface area contributed by atoms with E-state index in [4.69, 9.17) is 5.26 Å². The molecule has 3 rings (SSSR count). The lowest BCUT2D eigenvalue weighted by Gasteiger charge is -2.36. The average molecular weight is 309 g/mol. The van der Waals surface area contributed by atoms with Crippen LogP contribution in [0.2, 0.25) is 0 Å².